The topological polar surface area (TPSA) is 132 Å². The van der Waals surface area contributed by atoms with Crippen molar-refractivity contribution in [1.29, 1.82) is 0 Å². The van der Waals surface area contributed by atoms with Crippen molar-refractivity contribution in [2.45, 2.75) is 66.7 Å². The summed E-state index contributed by atoms with van der Waals surface area (Å²) in [6.07, 6.45) is -8.60. The van der Waals surface area contributed by atoms with E-state index in [0.29, 0.717) is 0 Å². The van der Waals surface area contributed by atoms with E-state index in [9.17, 15) is 96.0 Å². The maximum absolute atomic E-state index is 14.5. The van der Waals surface area contributed by atoms with E-state index in [1.165, 1.54) is 0 Å². The normalized spacial score (nSPS) is 14.9. The number of sulfonamides is 1. The molecule has 0 saturated carbocycles. The molecule has 0 aliphatic rings. The fourth-order valence-electron chi connectivity index (χ4n) is 3.34. The third kappa shape index (κ3) is 11.7. The quantitative estimate of drug-likeness (QED) is 0.0555. The van der Waals surface area contributed by atoms with Gasteiger partial charge in [0, 0.05) is 25.4 Å². The zero-order valence-electron chi connectivity index (χ0n) is 26.6. The molecule has 0 aromatic carbocycles. The van der Waals surface area contributed by atoms with Crippen LogP contribution >= 0.6 is 0 Å². The molecule has 0 aromatic rings. The Kier molecular flexibility index (Phi) is 20.1. The van der Waals surface area contributed by atoms with Crippen LogP contribution in [0.25, 0.3) is 0 Å². The van der Waals surface area contributed by atoms with Crippen LogP contribution in [-0.2, 0) is 39.1 Å². The summed E-state index contributed by atoms with van der Waals surface area (Å²) < 4.78 is 305. The van der Waals surface area contributed by atoms with Gasteiger partial charge in [0.1, 0.15) is 0 Å². The molecular weight excluding hydrogens is 832 g/mol. The van der Waals surface area contributed by atoms with Crippen LogP contribution < -0.4 is 29.6 Å². The fraction of sp³-hybridized carbons (Fsp3) is 1.00. The average Bonchev–Trinajstić information content (AvgIpc) is 2.96. The van der Waals surface area contributed by atoms with Crippen LogP contribution in [0.5, 0.6) is 0 Å². The Balaban J connectivity index is 0. The van der Waals surface area contributed by atoms with Gasteiger partial charge in [0.05, 0.1) is 56.4 Å². The molecule has 10 nitrogen and oxygen atoms in total. The molecule has 52 heavy (non-hydrogen) atoms. The van der Waals surface area contributed by atoms with Crippen molar-refractivity contribution in [2.75, 3.05) is 71.7 Å². The van der Waals surface area contributed by atoms with Gasteiger partial charge >= 0.3 is 76.5 Å². The Labute approximate surface area is 306 Å². The minimum Gasteiger partial charge on any atom is -0.748 e. The summed E-state index contributed by atoms with van der Waals surface area (Å²) in [5.74, 6) is -52.7. The first kappa shape index (κ1) is 53.6. The molecule has 0 atom stereocenters. The fourth-order valence-corrected chi connectivity index (χ4v) is 5.33. The summed E-state index contributed by atoms with van der Waals surface area (Å²) in [6, 6.07) is 0. The molecule has 0 bridgehead atoms. The van der Waals surface area contributed by atoms with E-state index >= 15 is 0 Å². The van der Waals surface area contributed by atoms with Crippen LogP contribution in [0, 0.1) is 0 Å². The van der Waals surface area contributed by atoms with Crippen molar-refractivity contribution in [1.82, 2.24) is 4.31 Å². The van der Waals surface area contributed by atoms with Crippen LogP contribution in [0.1, 0.15) is 19.8 Å². The molecule has 0 rings (SSSR count). The number of ether oxygens (including phenoxy) is 4. The number of halogens is 17. The first-order chi connectivity index (χ1) is 22.7. The van der Waals surface area contributed by atoms with Crippen LogP contribution in [-0.4, -0.2) is 144 Å². The van der Waals surface area contributed by atoms with Gasteiger partial charge in [0.25, 0.3) is 10.0 Å². The molecule has 0 radical (unpaired) electrons. The second-order valence-corrected chi connectivity index (χ2v) is 13.4. The van der Waals surface area contributed by atoms with Gasteiger partial charge in [0.15, 0.2) is 0 Å². The maximum atomic E-state index is 14.5. The molecule has 0 aliphatic heterocycles. The summed E-state index contributed by atoms with van der Waals surface area (Å²) in [5.41, 5.74) is 0. The summed E-state index contributed by atoms with van der Waals surface area (Å²) in [7, 11) is -11.8. The molecule has 308 valence electrons. The molecule has 0 unspecified atom stereocenters. The first-order valence-electron chi connectivity index (χ1n) is 13.6. The summed E-state index contributed by atoms with van der Waals surface area (Å²) in [4.78, 5) is 0. The Hall–Kier alpha value is -0.530. The number of nitrogens with zero attached hydrogens (tertiary/aromatic N) is 1. The van der Waals surface area contributed by atoms with Gasteiger partial charge < -0.3 is 23.5 Å². The molecule has 0 saturated heterocycles. The summed E-state index contributed by atoms with van der Waals surface area (Å²) in [6.45, 7) is -4.08. The molecule has 30 heteroatoms. The van der Waals surface area contributed by atoms with E-state index in [2.05, 4.69) is 0 Å². The van der Waals surface area contributed by atoms with Crippen molar-refractivity contribution in [3.05, 3.63) is 0 Å². The van der Waals surface area contributed by atoms with Crippen molar-refractivity contribution in [3.8, 4) is 0 Å². The standard InChI is InChI=1S/C22H30F17NO9S2.Na/c1-2-4-40(5-7-47-9-11-49-13-12-48-10-8-46-6-3-14-50(41,42)43)51(44,45)22(38,39)20(33,34)18(29,30)16(25,26)15(23,24)17(27,28)19(31,32)21(35,36)37;/h2-14H2,1H3,(H,41,42,43);/q;+1/p-1. The predicted octanol–water partition coefficient (Wildman–Crippen LogP) is 2.00. The largest absolute Gasteiger partial charge is 1.00 e. The van der Waals surface area contributed by atoms with Gasteiger partial charge in [-0.2, -0.15) is 78.9 Å². The Morgan fingerprint density at radius 3 is 1.17 bits per heavy atom. The SMILES string of the molecule is CCCN(CCOCCOCCOCCOCCCS(=O)(=O)[O-])S(=O)(=O)C(F)(F)C(F)(F)C(F)(F)C(F)(F)C(F)(F)C(F)(F)C(F)(F)C(F)(F)F.[Na+]. The van der Waals surface area contributed by atoms with E-state index < -0.39 is 110 Å². The van der Waals surface area contributed by atoms with Crippen LogP contribution in [0.15, 0.2) is 0 Å². The van der Waals surface area contributed by atoms with Crippen molar-refractivity contribution in [3.63, 3.8) is 0 Å². The molecular formula is C22H29F17NNaO9S2. The van der Waals surface area contributed by atoms with E-state index in [0.717, 1.165) is 6.92 Å². The minimum atomic E-state index is -8.91. The monoisotopic (exact) mass is 861 g/mol. The Bertz CT molecular complexity index is 1310. The van der Waals surface area contributed by atoms with E-state index in [-0.39, 0.29) is 75.6 Å². The summed E-state index contributed by atoms with van der Waals surface area (Å²) in [5, 5.41) is -7.65. The first-order valence-corrected chi connectivity index (χ1v) is 16.6. The van der Waals surface area contributed by atoms with Gasteiger partial charge in [-0.25, -0.2) is 16.8 Å². The molecule has 0 aromatic heterocycles. The second-order valence-electron chi connectivity index (χ2n) is 9.93. The zero-order chi connectivity index (χ0) is 40.6. The van der Waals surface area contributed by atoms with Crippen LogP contribution in [0.4, 0.5) is 74.6 Å². The van der Waals surface area contributed by atoms with Crippen molar-refractivity contribution >= 4 is 20.1 Å². The van der Waals surface area contributed by atoms with Crippen molar-refractivity contribution < 1.29 is 145 Å². The van der Waals surface area contributed by atoms with Gasteiger partial charge in [-0.1, -0.05) is 6.92 Å². The Morgan fingerprint density at radius 2 is 0.827 bits per heavy atom. The van der Waals surface area contributed by atoms with Gasteiger partial charge in [-0.15, -0.1) is 0 Å². The average molecular weight is 862 g/mol. The van der Waals surface area contributed by atoms with Crippen molar-refractivity contribution in [2.24, 2.45) is 0 Å². The third-order valence-corrected chi connectivity index (χ3v) is 8.85. The van der Waals surface area contributed by atoms with E-state index in [1.54, 1.807) is 0 Å². The smallest absolute Gasteiger partial charge is 0.748 e. The molecule has 0 fully saturated rings. The zero-order valence-corrected chi connectivity index (χ0v) is 30.2. The number of alkyl halides is 17. The van der Waals surface area contributed by atoms with Gasteiger partial charge in [0.2, 0.25) is 0 Å². The second kappa shape index (κ2) is 19.6. The molecule has 0 amide bonds. The van der Waals surface area contributed by atoms with E-state index in [4.69, 9.17) is 18.9 Å². The predicted molar refractivity (Wildman–Crippen MR) is 134 cm³/mol. The number of hydrogen-bond donors (Lipinski definition) is 0. The maximum Gasteiger partial charge on any atom is 1.00 e. The van der Waals surface area contributed by atoms with Crippen LogP contribution in [0.3, 0.4) is 0 Å². The third-order valence-electron chi connectivity index (χ3n) is 6.11. The molecule has 0 spiro atoms. The molecule has 0 aliphatic carbocycles. The van der Waals surface area contributed by atoms with Crippen LogP contribution in [0.2, 0.25) is 0 Å². The van der Waals surface area contributed by atoms with E-state index in [1.807, 2.05) is 0 Å². The number of hydrogen-bond acceptors (Lipinski definition) is 9. The van der Waals surface area contributed by atoms with Gasteiger partial charge in [-0.05, 0) is 12.8 Å². The Morgan fingerprint density at radius 1 is 0.500 bits per heavy atom. The molecule has 0 N–H and O–H groups in total. The number of rotatable bonds is 26. The summed E-state index contributed by atoms with van der Waals surface area (Å²) >= 11 is 0. The van der Waals surface area contributed by atoms with Gasteiger partial charge in [-0.3, -0.25) is 0 Å². The minimum absolute atomic E-state index is 0. The molecule has 0 heterocycles.